The third-order valence-corrected chi connectivity index (χ3v) is 3.57. The van der Waals surface area contributed by atoms with Crippen LogP contribution in [0.1, 0.15) is 26.0 Å². The smallest absolute Gasteiger partial charge is 0.0964 e. The molecule has 1 atom stereocenters. The van der Waals surface area contributed by atoms with Gasteiger partial charge in [-0.15, -0.1) is 11.8 Å². The lowest BCUT2D eigenvalue weighted by molar-refractivity contribution is 0.636. The van der Waals surface area contributed by atoms with Gasteiger partial charge in [-0.25, -0.2) is 4.98 Å². The normalized spacial score (nSPS) is 12.8. The number of hydrogen-bond acceptors (Lipinski definition) is 3. The summed E-state index contributed by atoms with van der Waals surface area (Å²) in [6, 6.07) is 3.93. The van der Waals surface area contributed by atoms with Gasteiger partial charge in [-0.3, -0.25) is 0 Å². The van der Waals surface area contributed by atoms with Gasteiger partial charge in [0, 0.05) is 5.75 Å². The molecular weight excluding hydrogens is 192 g/mol. The average Bonchev–Trinajstić information content (AvgIpc) is 2.19. The summed E-state index contributed by atoms with van der Waals surface area (Å²) in [5, 5.41) is 1.08. The standard InChI is InChI=1S/C11H18N2S/c1-4-8(2)7-14-11-6-5-10(12)9(3)13-11/h5-6,8H,4,7,12H2,1-3H3. The fourth-order valence-corrected chi connectivity index (χ4v) is 2.03. The molecule has 1 heterocycles. The molecule has 1 rings (SSSR count). The monoisotopic (exact) mass is 210 g/mol. The SMILES string of the molecule is CCC(C)CSc1ccc(N)c(C)n1. The molecule has 0 aliphatic carbocycles. The van der Waals surface area contributed by atoms with Crippen LogP contribution in [0.4, 0.5) is 5.69 Å². The Bertz CT molecular complexity index is 299. The Kier molecular flexibility index (Phi) is 4.26. The molecule has 14 heavy (non-hydrogen) atoms. The van der Waals surface area contributed by atoms with E-state index in [-0.39, 0.29) is 0 Å². The first-order valence-electron chi connectivity index (χ1n) is 4.99. The van der Waals surface area contributed by atoms with Crippen LogP contribution in [0.25, 0.3) is 0 Å². The number of pyridine rings is 1. The summed E-state index contributed by atoms with van der Waals surface area (Å²) >= 11 is 1.81. The fraction of sp³-hybridized carbons (Fsp3) is 0.545. The van der Waals surface area contributed by atoms with Crippen molar-refractivity contribution in [3.63, 3.8) is 0 Å². The molecule has 1 unspecified atom stereocenters. The molecule has 0 bridgehead atoms. The zero-order chi connectivity index (χ0) is 10.6. The quantitative estimate of drug-likeness (QED) is 0.776. The van der Waals surface area contributed by atoms with E-state index in [1.54, 1.807) is 0 Å². The Labute approximate surface area is 90.3 Å². The lowest BCUT2D eigenvalue weighted by Crippen LogP contribution is -1.97. The maximum Gasteiger partial charge on any atom is 0.0964 e. The summed E-state index contributed by atoms with van der Waals surface area (Å²) < 4.78 is 0. The Hall–Kier alpha value is -0.700. The Morgan fingerprint density at radius 3 is 2.79 bits per heavy atom. The summed E-state index contributed by atoms with van der Waals surface area (Å²) in [5.41, 5.74) is 7.40. The van der Waals surface area contributed by atoms with Crippen LogP contribution in [0.2, 0.25) is 0 Å². The van der Waals surface area contributed by atoms with Crippen molar-refractivity contribution in [2.24, 2.45) is 5.92 Å². The lowest BCUT2D eigenvalue weighted by Gasteiger charge is -2.08. The second-order valence-corrected chi connectivity index (χ2v) is 4.69. The summed E-state index contributed by atoms with van der Waals surface area (Å²) in [7, 11) is 0. The van der Waals surface area contributed by atoms with Crippen LogP contribution in [0.3, 0.4) is 0 Å². The van der Waals surface area contributed by atoms with Crippen molar-refractivity contribution in [3.8, 4) is 0 Å². The van der Waals surface area contributed by atoms with E-state index in [0.29, 0.717) is 0 Å². The first kappa shape index (κ1) is 11.4. The number of rotatable bonds is 4. The second kappa shape index (κ2) is 5.25. The molecule has 0 saturated heterocycles. The van der Waals surface area contributed by atoms with Crippen LogP contribution in [-0.2, 0) is 0 Å². The molecule has 0 fully saturated rings. The molecule has 0 amide bonds. The minimum absolute atomic E-state index is 0.750. The molecule has 0 radical (unpaired) electrons. The van der Waals surface area contributed by atoms with Gasteiger partial charge >= 0.3 is 0 Å². The molecule has 0 aromatic carbocycles. The Morgan fingerprint density at radius 1 is 1.50 bits per heavy atom. The van der Waals surface area contributed by atoms with Gasteiger partial charge in [-0.05, 0) is 25.0 Å². The molecule has 78 valence electrons. The van der Waals surface area contributed by atoms with Gasteiger partial charge in [0.05, 0.1) is 16.4 Å². The zero-order valence-corrected chi connectivity index (χ0v) is 9.90. The second-order valence-electron chi connectivity index (χ2n) is 3.65. The largest absolute Gasteiger partial charge is 0.397 e. The van der Waals surface area contributed by atoms with Crippen molar-refractivity contribution >= 4 is 17.4 Å². The van der Waals surface area contributed by atoms with Crippen molar-refractivity contribution in [3.05, 3.63) is 17.8 Å². The minimum Gasteiger partial charge on any atom is -0.397 e. The minimum atomic E-state index is 0.750. The van der Waals surface area contributed by atoms with E-state index < -0.39 is 0 Å². The molecule has 2 nitrogen and oxygen atoms in total. The lowest BCUT2D eigenvalue weighted by atomic mass is 10.2. The molecule has 1 aromatic heterocycles. The van der Waals surface area contributed by atoms with Crippen LogP contribution < -0.4 is 5.73 Å². The zero-order valence-electron chi connectivity index (χ0n) is 9.08. The van der Waals surface area contributed by atoms with Gasteiger partial charge in [-0.2, -0.15) is 0 Å². The van der Waals surface area contributed by atoms with Crippen molar-refractivity contribution < 1.29 is 0 Å². The van der Waals surface area contributed by atoms with Crippen molar-refractivity contribution in [1.82, 2.24) is 4.98 Å². The molecule has 0 aliphatic rings. The van der Waals surface area contributed by atoms with E-state index in [1.165, 1.54) is 6.42 Å². The van der Waals surface area contributed by atoms with Gasteiger partial charge < -0.3 is 5.73 Å². The summed E-state index contributed by atoms with van der Waals surface area (Å²) in [4.78, 5) is 4.42. The fourth-order valence-electron chi connectivity index (χ4n) is 0.975. The van der Waals surface area contributed by atoms with E-state index >= 15 is 0 Å². The number of thioether (sulfide) groups is 1. The van der Waals surface area contributed by atoms with Crippen LogP contribution in [0.15, 0.2) is 17.2 Å². The molecule has 0 aliphatic heterocycles. The number of anilines is 1. The van der Waals surface area contributed by atoms with E-state index in [0.717, 1.165) is 28.1 Å². The van der Waals surface area contributed by atoms with Gasteiger partial charge in [0.1, 0.15) is 0 Å². The van der Waals surface area contributed by atoms with Gasteiger partial charge in [0.2, 0.25) is 0 Å². The molecular formula is C11H18N2S. The topological polar surface area (TPSA) is 38.9 Å². The molecule has 2 N–H and O–H groups in total. The number of nitrogen functional groups attached to an aromatic ring is 1. The van der Waals surface area contributed by atoms with Crippen LogP contribution in [0.5, 0.6) is 0 Å². The van der Waals surface area contributed by atoms with Crippen molar-refractivity contribution in [2.75, 3.05) is 11.5 Å². The highest BCUT2D eigenvalue weighted by atomic mass is 32.2. The third-order valence-electron chi connectivity index (χ3n) is 2.31. The summed E-state index contributed by atoms with van der Waals surface area (Å²) in [5.74, 6) is 1.88. The van der Waals surface area contributed by atoms with Crippen LogP contribution in [0, 0.1) is 12.8 Å². The van der Waals surface area contributed by atoms with E-state index in [9.17, 15) is 0 Å². The van der Waals surface area contributed by atoms with Gasteiger partial charge in [0.15, 0.2) is 0 Å². The van der Waals surface area contributed by atoms with Gasteiger partial charge in [-0.1, -0.05) is 20.3 Å². The molecule has 3 heteroatoms. The van der Waals surface area contributed by atoms with Crippen molar-refractivity contribution in [1.29, 1.82) is 0 Å². The van der Waals surface area contributed by atoms with E-state index in [2.05, 4.69) is 18.8 Å². The van der Waals surface area contributed by atoms with Crippen molar-refractivity contribution in [2.45, 2.75) is 32.2 Å². The highest BCUT2D eigenvalue weighted by Gasteiger charge is 2.02. The summed E-state index contributed by atoms with van der Waals surface area (Å²) in [6.45, 7) is 6.42. The molecule has 0 saturated carbocycles. The molecule has 1 aromatic rings. The van der Waals surface area contributed by atoms with Crippen LogP contribution >= 0.6 is 11.8 Å². The summed E-state index contributed by atoms with van der Waals surface area (Å²) in [6.07, 6.45) is 1.22. The number of aromatic nitrogens is 1. The first-order valence-corrected chi connectivity index (χ1v) is 5.98. The third kappa shape index (κ3) is 3.22. The van der Waals surface area contributed by atoms with E-state index in [4.69, 9.17) is 5.73 Å². The predicted molar refractivity (Wildman–Crippen MR) is 63.6 cm³/mol. The van der Waals surface area contributed by atoms with Crippen LogP contribution in [-0.4, -0.2) is 10.7 Å². The van der Waals surface area contributed by atoms with E-state index in [1.807, 2.05) is 30.8 Å². The predicted octanol–water partition coefficient (Wildman–Crippen LogP) is 3.11. The highest BCUT2D eigenvalue weighted by Crippen LogP contribution is 2.21. The van der Waals surface area contributed by atoms with Gasteiger partial charge in [0.25, 0.3) is 0 Å². The number of hydrogen-bond donors (Lipinski definition) is 1. The molecule has 0 spiro atoms. The maximum atomic E-state index is 5.70. The number of aryl methyl sites for hydroxylation is 1. The highest BCUT2D eigenvalue weighted by molar-refractivity contribution is 7.99. The Balaban J connectivity index is 2.55. The number of nitrogens with two attached hydrogens (primary N) is 1. The first-order chi connectivity index (χ1) is 6.63. The maximum absolute atomic E-state index is 5.70. The Morgan fingerprint density at radius 2 is 2.21 bits per heavy atom. The average molecular weight is 210 g/mol. The number of nitrogens with zero attached hydrogens (tertiary/aromatic N) is 1.